The smallest absolute Gasteiger partial charge is 0.313 e. The Balaban J connectivity index is 1.95. The van der Waals surface area contributed by atoms with E-state index >= 15 is 0 Å². The van der Waals surface area contributed by atoms with Gasteiger partial charge in [-0.1, -0.05) is 67.9 Å². The van der Waals surface area contributed by atoms with Gasteiger partial charge in [0, 0.05) is 23.8 Å². The number of hydrogen-bond acceptors (Lipinski definition) is 4. The van der Waals surface area contributed by atoms with Gasteiger partial charge in [0.1, 0.15) is 10.6 Å². The van der Waals surface area contributed by atoms with E-state index in [1.165, 1.54) is 0 Å². The molecule has 0 spiro atoms. The van der Waals surface area contributed by atoms with Crippen molar-refractivity contribution in [3.8, 4) is 0 Å². The van der Waals surface area contributed by atoms with Crippen molar-refractivity contribution < 1.29 is 13.2 Å². The lowest BCUT2D eigenvalue weighted by atomic mass is 10.0. The Bertz CT molecular complexity index is 961. The fourth-order valence-electron chi connectivity index (χ4n) is 3.11. The second-order valence-electron chi connectivity index (χ2n) is 6.95. The zero-order valence-electron chi connectivity index (χ0n) is 17.0. The van der Waals surface area contributed by atoms with Gasteiger partial charge in [0.15, 0.2) is 0 Å². The summed E-state index contributed by atoms with van der Waals surface area (Å²) in [6, 6.07) is 16.8. The molecule has 7 heteroatoms. The summed E-state index contributed by atoms with van der Waals surface area (Å²) in [5.74, 6) is 0.240. The lowest BCUT2D eigenvalue weighted by Crippen LogP contribution is -2.17. The summed E-state index contributed by atoms with van der Waals surface area (Å²) in [4.78, 5) is 10.8. The molecule has 0 N–H and O–H groups in total. The number of halogens is 3. The molecule has 0 aliphatic rings. The Kier molecular flexibility index (Phi) is 7.37. The van der Waals surface area contributed by atoms with Crippen molar-refractivity contribution in [3.63, 3.8) is 0 Å². The fraction of sp³-hybridized carbons (Fsp3) is 0.304. The molecule has 3 aromatic rings. The molecule has 1 heterocycles. The number of para-hydroxylation sites is 1. The molecule has 0 amide bonds. The molecule has 3 nitrogen and oxygen atoms in total. The van der Waals surface area contributed by atoms with Crippen LogP contribution in [-0.2, 0) is 12.6 Å². The maximum atomic E-state index is 13.5. The Morgan fingerprint density at radius 2 is 1.67 bits per heavy atom. The highest BCUT2D eigenvalue weighted by Crippen LogP contribution is 2.39. The van der Waals surface area contributed by atoms with Crippen LogP contribution in [0.3, 0.4) is 0 Å². The predicted molar refractivity (Wildman–Crippen MR) is 115 cm³/mol. The van der Waals surface area contributed by atoms with Crippen molar-refractivity contribution in [2.45, 2.75) is 48.7 Å². The number of nitrogens with zero attached hydrogens (tertiary/aromatic N) is 3. The lowest BCUT2D eigenvalue weighted by molar-refractivity contribution is -0.140. The molecule has 0 aliphatic carbocycles. The molecule has 0 unspecified atom stereocenters. The van der Waals surface area contributed by atoms with Gasteiger partial charge in [0.05, 0.1) is 0 Å². The van der Waals surface area contributed by atoms with Gasteiger partial charge in [-0.2, -0.15) is 13.2 Å². The highest BCUT2D eigenvalue weighted by molar-refractivity contribution is 7.99. The van der Waals surface area contributed by atoms with E-state index in [1.54, 1.807) is 36.2 Å². The van der Waals surface area contributed by atoms with Gasteiger partial charge in [-0.05, 0) is 36.6 Å². The minimum atomic E-state index is -4.52. The van der Waals surface area contributed by atoms with E-state index in [9.17, 15) is 13.2 Å². The van der Waals surface area contributed by atoms with Crippen LogP contribution < -0.4 is 4.90 Å². The van der Waals surface area contributed by atoms with Gasteiger partial charge in [-0.3, -0.25) is 0 Å². The van der Waals surface area contributed by atoms with Crippen molar-refractivity contribution in [1.29, 1.82) is 0 Å². The first-order valence-corrected chi connectivity index (χ1v) is 10.7. The molecule has 2 aromatic carbocycles. The van der Waals surface area contributed by atoms with Gasteiger partial charge in [0.2, 0.25) is 5.95 Å². The monoisotopic (exact) mass is 431 g/mol. The molecule has 1 aromatic heterocycles. The van der Waals surface area contributed by atoms with Crippen LogP contribution in [0.25, 0.3) is 0 Å². The number of alkyl halides is 3. The first-order valence-electron chi connectivity index (χ1n) is 9.89. The minimum absolute atomic E-state index is 0.103. The van der Waals surface area contributed by atoms with Crippen LogP contribution >= 0.6 is 11.8 Å². The third-order valence-corrected chi connectivity index (χ3v) is 5.72. The summed E-state index contributed by atoms with van der Waals surface area (Å²) in [5.41, 5.74) is 1.21. The third-order valence-electron chi connectivity index (χ3n) is 4.71. The van der Waals surface area contributed by atoms with Gasteiger partial charge in [-0.25, -0.2) is 9.97 Å². The summed E-state index contributed by atoms with van der Waals surface area (Å²) >= 11 is 0.991. The van der Waals surface area contributed by atoms with Gasteiger partial charge in [0.25, 0.3) is 0 Å². The summed E-state index contributed by atoms with van der Waals surface area (Å²) in [5, 5.41) is -0.103. The fourth-order valence-corrected chi connectivity index (χ4v) is 4.04. The van der Waals surface area contributed by atoms with Crippen molar-refractivity contribution in [3.05, 3.63) is 71.9 Å². The molecule has 0 fully saturated rings. The topological polar surface area (TPSA) is 29.0 Å². The number of anilines is 2. The second-order valence-corrected chi connectivity index (χ2v) is 8.01. The molecule has 0 saturated heterocycles. The number of aryl methyl sites for hydroxylation is 1. The highest BCUT2D eigenvalue weighted by atomic mass is 32.2. The van der Waals surface area contributed by atoms with Gasteiger partial charge in [-0.15, -0.1) is 0 Å². The van der Waals surface area contributed by atoms with Crippen molar-refractivity contribution in [2.75, 3.05) is 11.9 Å². The van der Waals surface area contributed by atoms with E-state index in [-0.39, 0.29) is 11.0 Å². The van der Waals surface area contributed by atoms with E-state index in [4.69, 9.17) is 0 Å². The second kappa shape index (κ2) is 9.98. The third kappa shape index (κ3) is 5.53. The van der Waals surface area contributed by atoms with E-state index in [1.807, 2.05) is 30.3 Å². The molecule has 0 atom stereocenters. The largest absolute Gasteiger partial charge is 0.420 e. The van der Waals surface area contributed by atoms with Crippen molar-refractivity contribution in [2.24, 2.45) is 0 Å². The molecule has 0 saturated carbocycles. The van der Waals surface area contributed by atoms with Crippen LogP contribution in [-0.4, -0.2) is 17.0 Å². The highest BCUT2D eigenvalue weighted by Gasteiger charge is 2.35. The number of rotatable bonds is 8. The average molecular weight is 432 g/mol. The summed E-state index contributed by atoms with van der Waals surface area (Å²) in [6.07, 6.45) is 0.577. The Morgan fingerprint density at radius 1 is 0.967 bits per heavy atom. The zero-order valence-corrected chi connectivity index (χ0v) is 17.8. The standard InChI is InChI=1S/C23H24F3N3S/c1-3-4-6-11-17-12-9-10-15-20(17)29(2)22-27-16-19(23(24,25)26)21(28-22)30-18-13-7-5-8-14-18/h5,7-10,12-16H,3-4,6,11H2,1-2H3. The molecule has 0 aliphatic heterocycles. The molecule has 30 heavy (non-hydrogen) atoms. The zero-order chi connectivity index (χ0) is 21.6. The number of benzene rings is 2. The minimum Gasteiger partial charge on any atom is -0.313 e. The van der Waals surface area contributed by atoms with E-state index in [0.717, 1.165) is 54.9 Å². The van der Waals surface area contributed by atoms with Crippen LogP contribution in [0.15, 0.2) is 70.7 Å². The maximum absolute atomic E-state index is 13.5. The van der Waals surface area contributed by atoms with Crippen molar-refractivity contribution >= 4 is 23.4 Å². The van der Waals surface area contributed by atoms with Crippen LogP contribution in [0.2, 0.25) is 0 Å². The summed E-state index contributed by atoms with van der Waals surface area (Å²) in [6.45, 7) is 2.15. The molecular weight excluding hydrogens is 407 g/mol. The quantitative estimate of drug-likeness (QED) is 0.280. The molecule has 158 valence electrons. The van der Waals surface area contributed by atoms with Crippen LogP contribution in [0, 0.1) is 0 Å². The Hall–Kier alpha value is -2.54. The van der Waals surface area contributed by atoms with Crippen LogP contribution in [0.4, 0.5) is 24.8 Å². The van der Waals surface area contributed by atoms with Crippen molar-refractivity contribution in [1.82, 2.24) is 9.97 Å². The predicted octanol–water partition coefficient (Wildman–Crippen LogP) is 7.15. The molecular formula is C23H24F3N3S. The van der Waals surface area contributed by atoms with Crippen LogP contribution in [0.5, 0.6) is 0 Å². The Morgan fingerprint density at radius 3 is 2.37 bits per heavy atom. The number of unbranched alkanes of at least 4 members (excludes halogenated alkanes) is 2. The number of hydrogen-bond donors (Lipinski definition) is 0. The summed E-state index contributed by atoms with van der Waals surface area (Å²) in [7, 11) is 1.79. The first kappa shape index (κ1) is 22.2. The molecule has 0 radical (unpaired) electrons. The van der Waals surface area contributed by atoms with Gasteiger partial charge < -0.3 is 4.90 Å². The Labute approximate surface area is 179 Å². The normalized spacial score (nSPS) is 11.5. The van der Waals surface area contributed by atoms with E-state index < -0.39 is 11.7 Å². The van der Waals surface area contributed by atoms with E-state index in [0.29, 0.717) is 4.90 Å². The molecule has 3 rings (SSSR count). The van der Waals surface area contributed by atoms with Crippen LogP contribution in [0.1, 0.15) is 37.3 Å². The average Bonchev–Trinajstić information content (AvgIpc) is 2.74. The molecule has 0 bridgehead atoms. The van der Waals surface area contributed by atoms with Gasteiger partial charge >= 0.3 is 6.18 Å². The van der Waals surface area contributed by atoms with E-state index in [2.05, 4.69) is 16.9 Å². The summed E-state index contributed by atoms with van der Waals surface area (Å²) < 4.78 is 40.6. The lowest BCUT2D eigenvalue weighted by Gasteiger charge is -2.22. The number of aromatic nitrogens is 2. The first-order chi connectivity index (χ1) is 14.4. The maximum Gasteiger partial charge on any atom is 0.420 e. The SMILES string of the molecule is CCCCCc1ccccc1N(C)c1ncc(C(F)(F)F)c(Sc2ccccc2)n1.